The summed E-state index contributed by atoms with van der Waals surface area (Å²) in [5.74, 6) is -1.17. The minimum Gasteiger partial charge on any atom is -0.495 e. The fraction of sp³-hybridized carbons (Fsp3) is 0.368. The number of aliphatic carboxylic acids is 1. The lowest BCUT2D eigenvalue weighted by atomic mass is 10.1. The van der Waals surface area contributed by atoms with Crippen LogP contribution in [0.5, 0.6) is 5.75 Å². The van der Waals surface area contributed by atoms with Crippen LogP contribution in [0.4, 0.5) is 0 Å². The topological polar surface area (TPSA) is 80.6 Å². The van der Waals surface area contributed by atoms with Crippen molar-refractivity contribution in [3.63, 3.8) is 0 Å². The molecule has 1 heterocycles. The maximum Gasteiger partial charge on any atom is 0.330 e. The lowest BCUT2D eigenvalue weighted by molar-refractivity contribution is -0.139. The molecule has 0 aliphatic rings. The number of amides is 1. The van der Waals surface area contributed by atoms with Gasteiger partial charge in [0.25, 0.3) is 5.91 Å². The van der Waals surface area contributed by atoms with Gasteiger partial charge < -0.3 is 19.7 Å². The van der Waals surface area contributed by atoms with E-state index in [-0.39, 0.29) is 11.1 Å². The zero-order valence-electron chi connectivity index (χ0n) is 15.5. The number of nitrogens with one attached hydrogen (secondary N) is 1. The second-order valence-corrected chi connectivity index (χ2v) is 6.79. The van der Waals surface area contributed by atoms with Crippen LogP contribution < -0.4 is 10.1 Å². The first-order chi connectivity index (χ1) is 12.2. The van der Waals surface area contributed by atoms with Gasteiger partial charge in [-0.25, -0.2) is 4.79 Å². The number of carbonyl (C=O) groups excluding carboxylic acids is 1. The van der Waals surface area contributed by atoms with Crippen molar-refractivity contribution >= 4 is 23.5 Å². The highest BCUT2D eigenvalue weighted by atomic mass is 35.5. The number of carboxylic acid groups (broad SMARTS) is 1. The number of methoxy groups -OCH3 is 1. The third-order valence-electron chi connectivity index (χ3n) is 4.28. The zero-order chi connectivity index (χ0) is 19.6. The molecule has 140 valence electrons. The molecule has 2 N–H and O–H groups in total. The number of aromatic nitrogens is 1. The molecule has 0 bridgehead atoms. The SMILES string of the molecule is COc1ccc(C(NC(=O)c2cc(C)n(C(C)C)c2C)C(=O)O)cc1Cl. The van der Waals surface area contributed by atoms with Crippen molar-refractivity contribution in [2.75, 3.05) is 7.11 Å². The van der Waals surface area contributed by atoms with Crippen LogP contribution in [-0.2, 0) is 4.79 Å². The Morgan fingerprint density at radius 2 is 1.88 bits per heavy atom. The molecule has 2 aromatic rings. The van der Waals surface area contributed by atoms with Crippen LogP contribution in [0.1, 0.15) is 53.2 Å². The van der Waals surface area contributed by atoms with E-state index < -0.39 is 17.9 Å². The third kappa shape index (κ3) is 3.85. The molecule has 0 aliphatic carbocycles. The molecule has 0 spiro atoms. The minimum atomic E-state index is -1.21. The first-order valence-corrected chi connectivity index (χ1v) is 8.60. The molecular weight excluding hydrogens is 356 g/mol. The molecule has 0 saturated carbocycles. The molecule has 2 rings (SSSR count). The van der Waals surface area contributed by atoms with Crippen LogP contribution in [0.3, 0.4) is 0 Å². The standard InChI is InChI=1S/C19H23ClN2O4/c1-10(2)22-11(3)8-14(12(22)4)18(23)21-17(19(24)25)13-6-7-16(26-5)15(20)9-13/h6-10,17H,1-5H3,(H,21,23)(H,24,25). The molecule has 6 nitrogen and oxygen atoms in total. The number of carbonyl (C=O) groups is 2. The first-order valence-electron chi connectivity index (χ1n) is 8.22. The predicted octanol–water partition coefficient (Wildman–Crippen LogP) is 3.90. The average molecular weight is 379 g/mol. The normalized spacial score (nSPS) is 12.1. The number of rotatable bonds is 6. The van der Waals surface area contributed by atoms with E-state index in [0.29, 0.717) is 16.9 Å². The van der Waals surface area contributed by atoms with Gasteiger partial charge in [0, 0.05) is 17.4 Å². The van der Waals surface area contributed by atoms with E-state index in [1.54, 1.807) is 18.2 Å². The van der Waals surface area contributed by atoms with Crippen LogP contribution in [-0.4, -0.2) is 28.7 Å². The average Bonchev–Trinajstić information content (AvgIpc) is 2.86. The molecule has 1 aromatic heterocycles. The van der Waals surface area contributed by atoms with Crippen molar-refractivity contribution in [3.8, 4) is 5.75 Å². The Morgan fingerprint density at radius 1 is 1.23 bits per heavy atom. The quantitative estimate of drug-likeness (QED) is 0.798. The molecule has 0 aliphatic heterocycles. The summed E-state index contributed by atoms with van der Waals surface area (Å²) in [5.41, 5.74) is 2.57. The smallest absolute Gasteiger partial charge is 0.330 e. The lowest BCUT2D eigenvalue weighted by Gasteiger charge is -2.17. The van der Waals surface area contributed by atoms with Crippen molar-refractivity contribution in [2.24, 2.45) is 0 Å². The molecule has 1 unspecified atom stereocenters. The third-order valence-corrected chi connectivity index (χ3v) is 4.57. The van der Waals surface area contributed by atoms with Crippen molar-refractivity contribution < 1.29 is 19.4 Å². The van der Waals surface area contributed by atoms with Crippen LogP contribution in [0.15, 0.2) is 24.3 Å². The highest BCUT2D eigenvalue weighted by molar-refractivity contribution is 6.32. The monoisotopic (exact) mass is 378 g/mol. The zero-order valence-corrected chi connectivity index (χ0v) is 16.2. The molecule has 1 aromatic carbocycles. The van der Waals surface area contributed by atoms with E-state index >= 15 is 0 Å². The molecule has 0 radical (unpaired) electrons. The molecule has 1 atom stereocenters. The lowest BCUT2D eigenvalue weighted by Crippen LogP contribution is -2.34. The summed E-state index contributed by atoms with van der Waals surface area (Å²) >= 11 is 6.08. The summed E-state index contributed by atoms with van der Waals surface area (Å²) in [6.07, 6.45) is 0. The number of aryl methyl sites for hydroxylation is 1. The Labute approximate surface area is 157 Å². The number of carboxylic acids is 1. The van der Waals surface area contributed by atoms with E-state index in [2.05, 4.69) is 5.32 Å². The summed E-state index contributed by atoms with van der Waals surface area (Å²) in [5, 5.41) is 12.4. The van der Waals surface area contributed by atoms with Gasteiger partial charge in [0.05, 0.1) is 17.7 Å². The second kappa shape index (κ2) is 7.83. The highest BCUT2D eigenvalue weighted by Crippen LogP contribution is 2.28. The van der Waals surface area contributed by atoms with Crippen LogP contribution >= 0.6 is 11.6 Å². The van der Waals surface area contributed by atoms with E-state index in [4.69, 9.17) is 16.3 Å². The van der Waals surface area contributed by atoms with Crippen LogP contribution in [0.2, 0.25) is 5.02 Å². The van der Waals surface area contributed by atoms with Crippen LogP contribution in [0.25, 0.3) is 0 Å². The molecule has 26 heavy (non-hydrogen) atoms. The van der Waals surface area contributed by atoms with Gasteiger partial charge in [0.15, 0.2) is 6.04 Å². The predicted molar refractivity (Wildman–Crippen MR) is 100 cm³/mol. The first kappa shape index (κ1) is 19.8. The number of halogens is 1. The van der Waals surface area contributed by atoms with Gasteiger partial charge in [-0.3, -0.25) is 4.79 Å². The molecule has 1 amide bonds. The summed E-state index contributed by atoms with van der Waals surface area (Å²) in [6.45, 7) is 7.83. The van der Waals surface area contributed by atoms with E-state index in [0.717, 1.165) is 11.4 Å². The van der Waals surface area contributed by atoms with Gasteiger partial charge >= 0.3 is 5.97 Å². The summed E-state index contributed by atoms with van der Waals surface area (Å²) in [6, 6.07) is 5.38. The Morgan fingerprint density at radius 3 is 2.35 bits per heavy atom. The van der Waals surface area contributed by atoms with Gasteiger partial charge in [0.2, 0.25) is 0 Å². The highest BCUT2D eigenvalue weighted by Gasteiger charge is 2.26. The number of benzene rings is 1. The Balaban J connectivity index is 2.34. The van der Waals surface area contributed by atoms with Crippen molar-refractivity contribution in [2.45, 2.75) is 39.8 Å². The number of ether oxygens (including phenoxy) is 1. The number of hydrogen-bond donors (Lipinski definition) is 2. The van der Waals surface area contributed by atoms with E-state index in [1.807, 2.05) is 32.3 Å². The second-order valence-electron chi connectivity index (χ2n) is 6.39. The fourth-order valence-corrected chi connectivity index (χ4v) is 3.43. The van der Waals surface area contributed by atoms with E-state index in [1.165, 1.54) is 13.2 Å². The van der Waals surface area contributed by atoms with Gasteiger partial charge in [-0.1, -0.05) is 17.7 Å². The van der Waals surface area contributed by atoms with E-state index in [9.17, 15) is 14.7 Å². The van der Waals surface area contributed by atoms with Crippen molar-refractivity contribution in [1.29, 1.82) is 0 Å². The van der Waals surface area contributed by atoms with Crippen molar-refractivity contribution in [1.82, 2.24) is 9.88 Å². The number of nitrogens with zero attached hydrogens (tertiary/aromatic N) is 1. The molecule has 0 saturated heterocycles. The summed E-state index contributed by atoms with van der Waals surface area (Å²) < 4.78 is 7.11. The van der Waals surface area contributed by atoms with Gasteiger partial charge in [-0.15, -0.1) is 0 Å². The van der Waals surface area contributed by atoms with Crippen LogP contribution in [0, 0.1) is 13.8 Å². The Kier molecular flexibility index (Phi) is 5.97. The Hall–Kier alpha value is -2.47. The summed E-state index contributed by atoms with van der Waals surface area (Å²) in [7, 11) is 1.47. The van der Waals surface area contributed by atoms with Gasteiger partial charge in [-0.05, 0) is 51.5 Å². The maximum atomic E-state index is 12.7. The molecule has 0 fully saturated rings. The fourth-order valence-electron chi connectivity index (χ4n) is 3.16. The Bertz CT molecular complexity index is 842. The molecular formula is C19H23ClN2O4. The summed E-state index contributed by atoms with van der Waals surface area (Å²) in [4.78, 5) is 24.4. The maximum absolute atomic E-state index is 12.7. The van der Waals surface area contributed by atoms with Crippen molar-refractivity contribution in [3.05, 3.63) is 51.8 Å². The van der Waals surface area contributed by atoms with Gasteiger partial charge in [-0.2, -0.15) is 0 Å². The van der Waals surface area contributed by atoms with Gasteiger partial charge in [0.1, 0.15) is 5.75 Å². The number of hydrogen-bond acceptors (Lipinski definition) is 3. The minimum absolute atomic E-state index is 0.201. The largest absolute Gasteiger partial charge is 0.495 e. The molecule has 7 heteroatoms.